The molecule has 3 N–H and O–H groups in total. The van der Waals surface area contributed by atoms with Crippen LogP contribution in [0.3, 0.4) is 0 Å². The standard InChI is InChI=1S/C11H9FN4O3S/c12-9-3-8(1-2-10(9)20(13,18)19)16-11(17)7-4-14-6-15-5-7/h1-6H,(H,16,17)(H2,13,18,19). The monoisotopic (exact) mass is 296 g/mol. The summed E-state index contributed by atoms with van der Waals surface area (Å²) in [7, 11) is -4.14. The summed E-state index contributed by atoms with van der Waals surface area (Å²) in [4.78, 5) is 18.4. The van der Waals surface area contributed by atoms with E-state index in [1.54, 1.807) is 0 Å². The molecule has 2 rings (SSSR count). The lowest BCUT2D eigenvalue weighted by Crippen LogP contribution is -2.15. The van der Waals surface area contributed by atoms with Gasteiger partial charge in [-0.15, -0.1) is 0 Å². The van der Waals surface area contributed by atoms with Gasteiger partial charge in [-0.25, -0.2) is 27.9 Å². The maximum Gasteiger partial charge on any atom is 0.258 e. The van der Waals surface area contributed by atoms with Crippen molar-refractivity contribution in [2.24, 2.45) is 5.14 Å². The predicted molar refractivity (Wildman–Crippen MR) is 67.8 cm³/mol. The van der Waals surface area contributed by atoms with Crippen molar-refractivity contribution >= 4 is 21.6 Å². The molecule has 1 amide bonds. The minimum Gasteiger partial charge on any atom is -0.322 e. The summed E-state index contributed by atoms with van der Waals surface area (Å²) >= 11 is 0. The van der Waals surface area contributed by atoms with E-state index >= 15 is 0 Å². The van der Waals surface area contributed by atoms with Gasteiger partial charge in [-0.05, 0) is 18.2 Å². The number of hydrogen-bond acceptors (Lipinski definition) is 5. The highest BCUT2D eigenvalue weighted by Crippen LogP contribution is 2.18. The predicted octanol–water partition coefficient (Wildman–Crippen LogP) is 0.515. The Labute approximate surface area is 113 Å². The first kappa shape index (κ1) is 14.0. The highest BCUT2D eigenvalue weighted by Gasteiger charge is 2.15. The van der Waals surface area contributed by atoms with Gasteiger partial charge in [-0.1, -0.05) is 0 Å². The lowest BCUT2D eigenvalue weighted by atomic mass is 10.2. The van der Waals surface area contributed by atoms with E-state index in [1.807, 2.05) is 0 Å². The van der Waals surface area contributed by atoms with Crippen molar-refractivity contribution in [3.8, 4) is 0 Å². The van der Waals surface area contributed by atoms with Gasteiger partial charge in [0.15, 0.2) is 0 Å². The van der Waals surface area contributed by atoms with E-state index in [-0.39, 0.29) is 11.3 Å². The minimum absolute atomic E-state index is 0.0868. The molecule has 1 aromatic carbocycles. The van der Waals surface area contributed by atoms with Crippen LogP contribution < -0.4 is 10.5 Å². The molecule has 2 aromatic rings. The summed E-state index contributed by atoms with van der Waals surface area (Å²) in [5.41, 5.74) is 0.271. The zero-order valence-corrected chi connectivity index (χ0v) is 10.8. The number of sulfonamides is 1. The van der Waals surface area contributed by atoms with Crippen LogP contribution in [0.15, 0.2) is 41.8 Å². The number of carbonyl (C=O) groups is 1. The van der Waals surface area contributed by atoms with Crippen LogP contribution >= 0.6 is 0 Å². The molecule has 104 valence electrons. The summed E-state index contributed by atoms with van der Waals surface area (Å²) in [5.74, 6) is -1.59. The lowest BCUT2D eigenvalue weighted by molar-refractivity contribution is 0.102. The Hall–Kier alpha value is -2.39. The zero-order chi connectivity index (χ0) is 14.8. The van der Waals surface area contributed by atoms with Crippen LogP contribution in [0.25, 0.3) is 0 Å². The van der Waals surface area contributed by atoms with Crippen molar-refractivity contribution in [2.45, 2.75) is 4.90 Å². The van der Waals surface area contributed by atoms with Crippen molar-refractivity contribution in [2.75, 3.05) is 5.32 Å². The van der Waals surface area contributed by atoms with E-state index in [2.05, 4.69) is 15.3 Å². The fourth-order valence-electron chi connectivity index (χ4n) is 1.43. The molecule has 0 atom stereocenters. The van der Waals surface area contributed by atoms with E-state index in [0.717, 1.165) is 12.1 Å². The summed E-state index contributed by atoms with van der Waals surface area (Å²) in [5, 5.41) is 7.21. The van der Waals surface area contributed by atoms with Crippen LogP contribution in [0.2, 0.25) is 0 Å². The lowest BCUT2D eigenvalue weighted by Gasteiger charge is -2.06. The molecule has 20 heavy (non-hydrogen) atoms. The first-order valence-corrected chi connectivity index (χ1v) is 6.81. The average Bonchev–Trinajstić information content (AvgIpc) is 2.38. The molecular weight excluding hydrogens is 287 g/mol. The molecule has 9 heteroatoms. The molecule has 7 nitrogen and oxygen atoms in total. The Morgan fingerprint density at radius 1 is 1.25 bits per heavy atom. The fraction of sp³-hybridized carbons (Fsp3) is 0. The Bertz CT molecular complexity index is 750. The number of hydrogen-bond donors (Lipinski definition) is 2. The number of nitrogens with one attached hydrogen (secondary N) is 1. The first-order valence-electron chi connectivity index (χ1n) is 5.26. The summed E-state index contributed by atoms with van der Waals surface area (Å²) in [6.45, 7) is 0. The Morgan fingerprint density at radius 3 is 2.45 bits per heavy atom. The number of amides is 1. The molecule has 0 bridgehead atoms. The number of nitrogens with zero attached hydrogens (tertiary/aromatic N) is 2. The van der Waals surface area contributed by atoms with Gasteiger partial charge in [0.05, 0.1) is 5.56 Å². The SMILES string of the molecule is NS(=O)(=O)c1ccc(NC(=O)c2cncnc2)cc1F. The third-order valence-electron chi connectivity index (χ3n) is 2.32. The quantitative estimate of drug-likeness (QED) is 0.856. The van der Waals surface area contributed by atoms with Gasteiger partial charge in [0.1, 0.15) is 17.0 Å². The van der Waals surface area contributed by atoms with Gasteiger partial charge in [-0.3, -0.25) is 4.79 Å². The smallest absolute Gasteiger partial charge is 0.258 e. The fourth-order valence-corrected chi connectivity index (χ4v) is 2.02. The highest BCUT2D eigenvalue weighted by atomic mass is 32.2. The van der Waals surface area contributed by atoms with E-state index < -0.39 is 26.6 Å². The van der Waals surface area contributed by atoms with Crippen LogP contribution in [-0.2, 0) is 10.0 Å². The molecule has 1 heterocycles. The number of carbonyl (C=O) groups excluding carboxylic acids is 1. The number of rotatable bonds is 3. The van der Waals surface area contributed by atoms with Crippen molar-refractivity contribution in [3.05, 3.63) is 48.3 Å². The Morgan fingerprint density at radius 2 is 1.90 bits per heavy atom. The van der Waals surface area contributed by atoms with Crippen LogP contribution in [0.1, 0.15) is 10.4 Å². The molecule has 0 aliphatic rings. The highest BCUT2D eigenvalue weighted by molar-refractivity contribution is 7.89. The largest absolute Gasteiger partial charge is 0.322 e. The van der Waals surface area contributed by atoms with Crippen LogP contribution in [0, 0.1) is 5.82 Å². The molecule has 0 unspecified atom stereocenters. The summed E-state index contributed by atoms with van der Waals surface area (Å²) in [6, 6.07) is 3.06. The molecule has 0 saturated carbocycles. The van der Waals surface area contributed by atoms with Gasteiger partial charge in [0, 0.05) is 18.1 Å². The number of aromatic nitrogens is 2. The number of primary sulfonamides is 1. The number of anilines is 1. The van der Waals surface area contributed by atoms with Crippen molar-refractivity contribution < 1.29 is 17.6 Å². The Kier molecular flexibility index (Phi) is 3.72. The molecule has 1 aromatic heterocycles. The molecular formula is C11H9FN4O3S. The van der Waals surface area contributed by atoms with E-state index in [9.17, 15) is 17.6 Å². The van der Waals surface area contributed by atoms with Gasteiger partial charge in [-0.2, -0.15) is 0 Å². The van der Waals surface area contributed by atoms with Crippen molar-refractivity contribution in [1.29, 1.82) is 0 Å². The second kappa shape index (κ2) is 5.31. The third kappa shape index (κ3) is 3.13. The van der Waals surface area contributed by atoms with Gasteiger partial charge >= 0.3 is 0 Å². The average molecular weight is 296 g/mol. The van der Waals surface area contributed by atoms with Crippen LogP contribution in [0.4, 0.5) is 10.1 Å². The number of halogens is 1. The second-order valence-electron chi connectivity index (χ2n) is 3.77. The molecule has 0 aliphatic carbocycles. The molecule has 0 radical (unpaired) electrons. The third-order valence-corrected chi connectivity index (χ3v) is 3.26. The maximum atomic E-state index is 13.6. The minimum atomic E-state index is -4.14. The molecule has 0 fully saturated rings. The maximum absolute atomic E-state index is 13.6. The number of benzene rings is 1. The topological polar surface area (TPSA) is 115 Å². The molecule has 0 spiro atoms. The number of nitrogens with two attached hydrogens (primary N) is 1. The zero-order valence-electron chi connectivity index (χ0n) is 9.95. The second-order valence-corrected chi connectivity index (χ2v) is 5.30. The van der Waals surface area contributed by atoms with E-state index in [1.165, 1.54) is 24.8 Å². The van der Waals surface area contributed by atoms with Gasteiger partial charge in [0.2, 0.25) is 10.0 Å². The molecule has 0 saturated heterocycles. The van der Waals surface area contributed by atoms with Gasteiger partial charge < -0.3 is 5.32 Å². The van der Waals surface area contributed by atoms with Gasteiger partial charge in [0.25, 0.3) is 5.91 Å². The van der Waals surface area contributed by atoms with E-state index in [0.29, 0.717) is 0 Å². The normalized spacial score (nSPS) is 11.1. The molecule has 0 aliphatic heterocycles. The van der Waals surface area contributed by atoms with Crippen LogP contribution in [-0.4, -0.2) is 24.3 Å². The van der Waals surface area contributed by atoms with Crippen molar-refractivity contribution in [1.82, 2.24) is 9.97 Å². The Balaban J connectivity index is 2.24. The van der Waals surface area contributed by atoms with E-state index in [4.69, 9.17) is 5.14 Å². The summed E-state index contributed by atoms with van der Waals surface area (Å²) < 4.78 is 35.6. The van der Waals surface area contributed by atoms with Crippen LogP contribution in [0.5, 0.6) is 0 Å². The first-order chi connectivity index (χ1) is 9.38. The van der Waals surface area contributed by atoms with Crippen molar-refractivity contribution in [3.63, 3.8) is 0 Å². The summed E-state index contributed by atoms with van der Waals surface area (Å²) in [6.07, 6.45) is 3.84.